The first-order valence-corrected chi connectivity index (χ1v) is 3.71. The number of pyridine rings is 1. The first-order chi connectivity index (χ1) is 5.77. The molecule has 0 saturated heterocycles. The van der Waals surface area contributed by atoms with E-state index < -0.39 is 0 Å². The number of hydrogen-bond donors (Lipinski definition) is 1. The molecular formula is C10H9NO+. The van der Waals surface area contributed by atoms with Gasteiger partial charge in [-0.3, -0.25) is 0 Å². The molecule has 0 aliphatic carbocycles. The van der Waals surface area contributed by atoms with Gasteiger partial charge in [-0.15, -0.1) is 0 Å². The predicted octanol–water partition coefficient (Wildman–Crippen LogP) is 1.47. The number of benzene rings is 1. The first-order valence-electron chi connectivity index (χ1n) is 3.71. The average Bonchev–Trinajstić information content (AvgIpc) is 2.04. The number of aromatic hydroxyl groups is 1. The zero-order chi connectivity index (χ0) is 8.55. The Morgan fingerprint density at radius 2 is 1.92 bits per heavy atom. The number of fused-ring (bicyclic) bond motifs is 1. The highest BCUT2D eigenvalue weighted by Gasteiger charge is 2.04. The maximum Gasteiger partial charge on any atom is 0.211 e. The first kappa shape index (κ1) is 7.10. The highest BCUT2D eigenvalue weighted by atomic mass is 16.3. The van der Waals surface area contributed by atoms with Gasteiger partial charge in [-0.1, -0.05) is 18.2 Å². The molecule has 2 nitrogen and oxygen atoms in total. The molecule has 2 rings (SSSR count). The van der Waals surface area contributed by atoms with Gasteiger partial charge in [-0.25, -0.2) is 0 Å². The molecule has 0 saturated carbocycles. The van der Waals surface area contributed by atoms with Crippen LogP contribution in [-0.4, -0.2) is 5.11 Å². The minimum atomic E-state index is 0.267. The highest BCUT2D eigenvalue weighted by molar-refractivity contribution is 5.85. The van der Waals surface area contributed by atoms with Crippen molar-refractivity contribution in [1.29, 1.82) is 0 Å². The fourth-order valence-corrected chi connectivity index (χ4v) is 1.29. The van der Waals surface area contributed by atoms with Crippen molar-refractivity contribution in [2.45, 2.75) is 0 Å². The summed E-state index contributed by atoms with van der Waals surface area (Å²) in [5, 5.41) is 11.3. The van der Waals surface area contributed by atoms with Gasteiger partial charge in [0.15, 0.2) is 11.9 Å². The van der Waals surface area contributed by atoms with Gasteiger partial charge in [0.05, 0.1) is 0 Å². The zero-order valence-corrected chi connectivity index (χ0v) is 6.57. The lowest BCUT2D eigenvalue weighted by atomic mass is 10.2. The van der Waals surface area contributed by atoms with Gasteiger partial charge in [0, 0.05) is 10.8 Å². The van der Waals surface area contributed by atoms with Gasteiger partial charge in [0.1, 0.15) is 0 Å². The number of hydrogen-bond acceptors (Lipinski definition) is 1. The molecule has 0 unspecified atom stereocenters. The van der Waals surface area contributed by atoms with Crippen LogP contribution in [0.1, 0.15) is 0 Å². The fraction of sp³-hybridized carbons (Fsp3) is 0. The third-order valence-electron chi connectivity index (χ3n) is 1.83. The molecule has 2 heteroatoms. The van der Waals surface area contributed by atoms with Crippen molar-refractivity contribution in [2.24, 2.45) is 0 Å². The van der Waals surface area contributed by atoms with Crippen LogP contribution in [0.4, 0.5) is 0 Å². The van der Waals surface area contributed by atoms with Crippen LogP contribution < -0.4 is 4.57 Å². The quantitative estimate of drug-likeness (QED) is 0.578. The summed E-state index contributed by atoms with van der Waals surface area (Å²) in [4.78, 5) is 0. The Balaban J connectivity index is 2.89. The lowest BCUT2D eigenvalue weighted by molar-refractivity contribution is -0.611. The molecule has 0 bridgehead atoms. The summed E-state index contributed by atoms with van der Waals surface area (Å²) in [7, 11) is 3.69. The Morgan fingerprint density at radius 3 is 2.75 bits per heavy atom. The lowest BCUT2D eigenvalue weighted by Gasteiger charge is -1.96. The van der Waals surface area contributed by atoms with E-state index in [0.717, 1.165) is 10.8 Å². The Kier molecular flexibility index (Phi) is 1.47. The predicted molar refractivity (Wildman–Crippen MR) is 46.6 cm³/mol. The summed E-state index contributed by atoms with van der Waals surface area (Å²) in [6.07, 6.45) is 3.46. The largest absolute Gasteiger partial charge is 0.502 e. The maximum atomic E-state index is 9.49. The topological polar surface area (TPSA) is 24.1 Å². The van der Waals surface area contributed by atoms with E-state index in [1.807, 2.05) is 30.5 Å². The Labute approximate surface area is 70.7 Å². The van der Waals surface area contributed by atoms with Crippen LogP contribution in [0.15, 0.2) is 36.7 Å². The van der Waals surface area contributed by atoms with Gasteiger partial charge < -0.3 is 5.11 Å². The van der Waals surface area contributed by atoms with Gasteiger partial charge in [0.25, 0.3) is 0 Å². The van der Waals surface area contributed by atoms with Crippen LogP contribution in [0.2, 0.25) is 0 Å². The van der Waals surface area contributed by atoms with Gasteiger partial charge in [-0.2, -0.15) is 4.57 Å². The molecule has 1 aromatic heterocycles. The highest BCUT2D eigenvalue weighted by Crippen LogP contribution is 2.20. The molecule has 0 aliphatic rings. The maximum absolute atomic E-state index is 9.49. The van der Waals surface area contributed by atoms with Crippen LogP contribution in [-0.2, 0) is 0 Å². The Bertz CT molecular complexity index is 423. The second-order valence-electron chi connectivity index (χ2n) is 2.74. The summed E-state index contributed by atoms with van der Waals surface area (Å²) >= 11 is 0. The molecule has 1 N–H and O–H groups in total. The molecule has 0 spiro atoms. The van der Waals surface area contributed by atoms with Crippen molar-refractivity contribution in [3.8, 4) is 5.75 Å². The van der Waals surface area contributed by atoms with E-state index in [-0.39, 0.29) is 5.75 Å². The van der Waals surface area contributed by atoms with E-state index in [4.69, 9.17) is 0 Å². The van der Waals surface area contributed by atoms with Crippen molar-refractivity contribution >= 4 is 10.8 Å². The fourth-order valence-electron chi connectivity index (χ4n) is 1.29. The van der Waals surface area contributed by atoms with E-state index in [1.165, 1.54) is 0 Å². The minimum absolute atomic E-state index is 0.267. The Morgan fingerprint density at radius 1 is 1.17 bits per heavy atom. The van der Waals surface area contributed by atoms with Gasteiger partial charge in [0.2, 0.25) is 13.2 Å². The molecule has 0 amide bonds. The molecule has 1 heterocycles. The zero-order valence-electron chi connectivity index (χ0n) is 6.57. The van der Waals surface area contributed by atoms with Crippen molar-refractivity contribution in [2.75, 3.05) is 0 Å². The van der Waals surface area contributed by atoms with E-state index in [1.54, 1.807) is 10.8 Å². The monoisotopic (exact) mass is 159 g/mol. The molecule has 1 aromatic carbocycles. The number of nitrogens with zero attached hydrogens (tertiary/aromatic N) is 1. The van der Waals surface area contributed by atoms with Crippen LogP contribution >= 0.6 is 0 Å². The summed E-state index contributed by atoms with van der Waals surface area (Å²) in [6.45, 7) is 0. The molecule has 12 heavy (non-hydrogen) atoms. The van der Waals surface area contributed by atoms with E-state index in [0.29, 0.717) is 0 Å². The lowest BCUT2D eigenvalue weighted by Crippen LogP contribution is -2.23. The second-order valence-corrected chi connectivity index (χ2v) is 2.74. The van der Waals surface area contributed by atoms with E-state index >= 15 is 0 Å². The summed E-state index contributed by atoms with van der Waals surface area (Å²) in [6, 6.07) is 7.65. The normalized spacial score (nSPS) is 10.4. The second kappa shape index (κ2) is 2.48. The van der Waals surface area contributed by atoms with Crippen LogP contribution in [0, 0.1) is 7.05 Å². The van der Waals surface area contributed by atoms with Crippen molar-refractivity contribution in [1.82, 2.24) is 0 Å². The molecule has 0 fully saturated rings. The SMILES string of the molecule is [CH2][n+]1cc(O)c2ccccc2c1. The summed E-state index contributed by atoms with van der Waals surface area (Å²) in [5.41, 5.74) is 0. The van der Waals surface area contributed by atoms with Crippen molar-refractivity contribution in [3.05, 3.63) is 43.7 Å². The van der Waals surface area contributed by atoms with E-state index in [9.17, 15) is 5.11 Å². The Hall–Kier alpha value is -1.57. The molecule has 1 radical (unpaired) electrons. The standard InChI is InChI=1S/C10H9NO/c1-11-6-8-4-2-3-5-9(8)10(12)7-11/h2-7,12H,1H2/q+1. The average molecular weight is 159 g/mol. The molecule has 2 aromatic rings. The van der Waals surface area contributed by atoms with Crippen LogP contribution in [0.25, 0.3) is 10.8 Å². The smallest absolute Gasteiger partial charge is 0.211 e. The van der Waals surface area contributed by atoms with Gasteiger partial charge >= 0.3 is 0 Å². The summed E-state index contributed by atoms with van der Waals surface area (Å²) < 4.78 is 1.59. The van der Waals surface area contributed by atoms with Crippen molar-refractivity contribution in [3.63, 3.8) is 0 Å². The molecule has 0 aliphatic heterocycles. The van der Waals surface area contributed by atoms with Crippen LogP contribution in [0.5, 0.6) is 5.75 Å². The molecule has 59 valence electrons. The molecule has 0 atom stereocenters. The number of aromatic nitrogens is 1. The van der Waals surface area contributed by atoms with Crippen molar-refractivity contribution < 1.29 is 9.67 Å². The number of rotatable bonds is 0. The third-order valence-corrected chi connectivity index (χ3v) is 1.83. The third kappa shape index (κ3) is 1.01. The van der Waals surface area contributed by atoms with Gasteiger partial charge in [-0.05, 0) is 6.07 Å². The molecular weight excluding hydrogens is 150 g/mol. The van der Waals surface area contributed by atoms with Crippen LogP contribution in [0.3, 0.4) is 0 Å². The summed E-state index contributed by atoms with van der Waals surface area (Å²) in [5.74, 6) is 0.267. The minimum Gasteiger partial charge on any atom is -0.502 e. The van der Waals surface area contributed by atoms with E-state index in [2.05, 4.69) is 7.05 Å².